The van der Waals surface area contributed by atoms with E-state index in [4.69, 9.17) is 5.11 Å². The lowest BCUT2D eigenvalue weighted by molar-refractivity contribution is -0.0459. The van der Waals surface area contributed by atoms with Crippen LogP contribution in [0.3, 0.4) is 0 Å². The maximum Gasteiger partial charge on any atom is 0.317 e. The average molecular weight is 196 g/mol. The number of alkyl halides is 2. The predicted octanol–water partition coefficient (Wildman–Crippen LogP) is 0.275. The largest absolute Gasteiger partial charge is 0.390 e. The van der Waals surface area contributed by atoms with E-state index >= 15 is 0 Å². The highest BCUT2D eigenvalue weighted by molar-refractivity contribution is 5.73. The minimum absolute atomic E-state index is 0.441. The number of nitrogens with one attached hydrogen (secondary N) is 1. The summed E-state index contributed by atoms with van der Waals surface area (Å²) in [6.45, 7) is 0.0656. The summed E-state index contributed by atoms with van der Waals surface area (Å²) in [7, 11) is 1.49. The number of hydrogen-bond acceptors (Lipinski definition) is 2. The van der Waals surface area contributed by atoms with Crippen LogP contribution in [0.25, 0.3) is 0 Å². The molecule has 0 heterocycles. The fourth-order valence-corrected chi connectivity index (χ4v) is 0.539. The molecule has 4 nitrogen and oxygen atoms in total. The molecular weight excluding hydrogens is 182 g/mol. The first-order chi connectivity index (χ1) is 5.93. The van der Waals surface area contributed by atoms with Crippen LogP contribution in [-0.2, 0) is 0 Å². The van der Waals surface area contributed by atoms with Crippen LogP contribution in [0.2, 0.25) is 0 Å². The van der Waals surface area contributed by atoms with Gasteiger partial charge < -0.3 is 15.3 Å². The number of nitrogens with zero attached hydrogens (tertiary/aromatic N) is 1. The second-order valence-electron chi connectivity index (χ2n) is 2.69. The molecule has 78 valence electrons. The molecule has 0 aromatic carbocycles. The third-order valence-corrected chi connectivity index (χ3v) is 1.55. The lowest BCUT2D eigenvalue weighted by atomic mass is 10.3. The monoisotopic (exact) mass is 196 g/mol. The van der Waals surface area contributed by atoms with E-state index in [0.29, 0.717) is 6.54 Å². The van der Waals surface area contributed by atoms with Gasteiger partial charge in [0.2, 0.25) is 0 Å². The summed E-state index contributed by atoms with van der Waals surface area (Å²) >= 11 is 0. The van der Waals surface area contributed by atoms with Gasteiger partial charge in [0.05, 0.1) is 6.54 Å². The third kappa shape index (κ3) is 4.62. The van der Waals surface area contributed by atoms with Gasteiger partial charge in [-0.2, -0.15) is 0 Å². The van der Waals surface area contributed by atoms with Crippen LogP contribution in [-0.4, -0.2) is 48.7 Å². The van der Waals surface area contributed by atoms with Crippen LogP contribution in [0.15, 0.2) is 0 Å². The van der Waals surface area contributed by atoms with E-state index in [1.54, 1.807) is 6.92 Å². The van der Waals surface area contributed by atoms with Crippen LogP contribution in [0, 0.1) is 0 Å². The Kier molecular flexibility index (Phi) is 4.61. The molecule has 0 rings (SSSR count). The second-order valence-corrected chi connectivity index (χ2v) is 2.69. The molecule has 0 aromatic rings. The Balaban J connectivity index is 3.83. The molecule has 0 bridgehead atoms. The van der Waals surface area contributed by atoms with Gasteiger partial charge in [0.15, 0.2) is 0 Å². The number of halogens is 2. The van der Waals surface area contributed by atoms with Gasteiger partial charge in [0.25, 0.3) is 5.92 Å². The molecule has 0 saturated carbocycles. The molecule has 0 atom stereocenters. The highest BCUT2D eigenvalue weighted by Crippen LogP contribution is 2.09. The van der Waals surface area contributed by atoms with Gasteiger partial charge in [0.1, 0.15) is 6.61 Å². The zero-order valence-electron chi connectivity index (χ0n) is 7.68. The summed E-state index contributed by atoms with van der Waals surface area (Å²) in [4.78, 5) is 12.2. The highest BCUT2D eigenvalue weighted by atomic mass is 19.3. The van der Waals surface area contributed by atoms with Crippen LogP contribution < -0.4 is 5.32 Å². The summed E-state index contributed by atoms with van der Waals surface area (Å²) in [6.07, 6.45) is 0. The standard InChI is InChI=1S/C7H14F2N2O2/c1-3-11(2)6(13)10-4-7(8,9)5-12/h12H,3-5H2,1-2H3,(H,10,13). The average Bonchev–Trinajstić information content (AvgIpc) is 2.13. The number of carbonyl (C=O) groups excluding carboxylic acids is 1. The molecule has 0 unspecified atom stereocenters. The van der Waals surface area contributed by atoms with E-state index in [0.717, 1.165) is 0 Å². The van der Waals surface area contributed by atoms with Crippen molar-refractivity contribution in [2.45, 2.75) is 12.8 Å². The van der Waals surface area contributed by atoms with Crippen LogP contribution in [0.4, 0.5) is 13.6 Å². The molecule has 0 aliphatic rings. The van der Waals surface area contributed by atoms with E-state index < -0.39 is 25.1 Å². The zero-order chi connectivity index (χ0) is 10.5. The first-order valence-electron chi connectivity index (χ1n) is 3.90. The molecule has 6 heteroatoms. The Bertz CT molecular complexity index is 176. The van der Waals surface area contributed by atoms with Crippen LogP contribution in [0.1, 0.15) is 6.92 Å². The van der Waals surface area contributed by atoms with Gasteiger partial charge in [-0.3, -0.25) is 0 Å². The highest BCUT2D eigenvalue weighted by Gasteiger charge is 2.28. The molecule has 0 aromatic heterocycles. The number of rotatable bonds is 4. The normalized spacial score (nSPS) is 11.2. The van der Waals surface area contributed by atoms with E-state index in [2.05, 4.69) is 0 Å². The van der Waals surface area contributed by atoms with Crippen molar-refractivity contribution in [3.05, 3.63) is 0 Å². The van der Waals surface area contributed by atoms with Crippen molar-refractivity contribution in [1.82, 2.24) is 10.2 Å². The van der Waals surface area contributed by atoms with Crippen LogP contribution in [0.5, 0.6) is 0 Å². The summed E-state index contributed by atoms with van der Waals surface area (Å²) in [5.74, 6) is -3.25. The molecular formula is C7H14F2N2O2. The van der Waals surface area contributed by atoms with Gasteiger partial charge in [-0.15, -0.1) is 0 Å². The smallest absolute Gasteiger partial charge is 0.317 e. The molecule has 0 spiro atoms. The fraction of sp³-hybridized carbons (Fsp3) is 0.857. The molecule has 0 saturated heterocycles. The maximum absolute atomic E-state index is 12.4. The summed E-state index contributed by atoms with van der Waals surface area (Å²) in [5.41, 5.74) is 0. The van der Waals surface area contributed by atoms with E-state index in [-0.39, 0.29) is 0 Å². The Morgan fingerprint density at radius 2 is 2.15 bits per heavy atom. The number of aliphatic hydroxyl groups is 1. The minimum atomic E-state index is -3.25. The van der Waals surface area contributed by atoms with Crippen molar-refractivity contribution in [2.24, 2.45) is 0 Å². The number of aliphatic hydroxyl groups excluding tert-OH is 1. The molecule has 0 aliphatic carbocycles. The number of hydrogen-bond donors (Lipinski definition) is 2. The van der Waals surface area contributed by atoms with Crippen molar-refractivity contribution in [2.75, 3.05) is 26.7 Å². The van der Waals surface area contributed by atoms with Gasteiger partial charge in [0, 0.05) is 13.6 Å². The van der Waals surface area contributed by atoms with E-state index in [9.17, 15) is 13.6 Å². The van der Waals surface area contributed by atoms with Gasteiger partial charge in [-0.1, -0.05) is 0 Å². The van der Waals surface area contributed by atoms with Crippen molar-refractivity contribution in [1.29, 1.82) is 0 Å². The Labute approximate surface area is 75.5 Å². The molecule has 0 radical (unpaired) electrons. The quantitative estimate of drug-likeness (QED) is 0.678. The first kappa shape index (κ1) is 12.1. The SMILES string of the molecule is CCN(C)C(=O)NCC(F)(F)CO. The fourth-order valence-electron chi connectivity index (χ4n) is 0.539. The van der Waals surface area contributed by atoms with Crippen LogP contribution >= 0.6 is 0 Å². The lowest BCUT2D eigenvalue weighted by Gasteiger charge is -2.18. The zero-order valence-corrected chi connectivity index (χ0v) is 7.68. The summed E-state index contributed by atoms with van der Waals surface area (Å²) < 4.78 is 24.8. The van der Waals surface area contributed by atoms with Gasteiger partial charge in [-0.05, 0) is 6.92 Å². The Morgan fingerprint density at radius 1 is 1.62 bits per heavy atom. The van der Waals surface area contributed by atoms with E-state index in [1.165, 1.54) is 11.9 Å². The lowest BCUT2D eigenvalue weighted by Crippen LogP contribution is -2.44. The van der Waals surface area contributed by atoms with Crippen molar-refractivity contribution in [3.63, 3.8) is 0 Å². The number of carbonyl (C=O) groups is 1. The van der Waals surface area contributed by atoms with Crippen molar-refractivity contribution in [3.8, 4) is 0 Å². The minimum Gasteiger partial charge on any atom is -0.390 e. The molecule has 0 fully saturated rings. The number of urea groups is 1. The first-order valence-corrected chi connectivity index (χ1v) is 3.90. The molecule has 2 amide bonds. The van der Waals surface area contributed by atoms with Crippen molar-refractivity contribution >= 4 is 6.03 Å². The maximum atomic E-state index is 12.4. The molecule has 2 N–H and O–H groups in total. The summed E-state index contributed by atoms with van der Waals surface area (Å²) in [5, 5.41) is 10.2. The topological polar surface area (TPSA) is 52.6 Å². The Hall–Kier alpha value is -0.910. The van der Waals surface area contributed by atoms with E-state index in [1.807, 2.05) is 5.32 Å². The second kappa shape index (κ2) is 4.96. The van der Waals surface area contributed by atoms with Gasteiger partial charge >= 0.3 is 6.03 Å². The van der Waals surface area contributed by atoms with Gasteiger partial charge in [-0.25, -0.2) is 13.6 Å². The Morgan fingerprint density at radius 3 is 2.54 bits per heavy atom. The third-order valence-electron chi connectivity index (χ3n) is 1.55. The molecule has 13 heavy (non-hydrogen) atoms. The number of amides is 2. The predicted molar refractivity (Wildman–Crippen MR) is 43.7 cm³/mol. The van der Waals surface area contributed by atoms with Crippen molar-refractivity contribution < 1.29 is 18.7 Å². The summed E-state index contributed by atoms with van der Waals surface area (Å²) in [6, 6.07) is -0.573. The molecule has 0 aliphatic heterocycles.